The van der Waals surface area contributed by atoms with Crippen molar-refractivity contribution in [1.82, 2.24) is 14.8 Å². The predicted octanol–water partition coefficient (Wildman–Crippen LogP) is 7.23. The molecule has 0 saturated carbocycles. The fourth-order valence-corrected chi connectivity index (χ4v) is 6.42. The lowest BCUT2D eigenvalue weighted by Gasteiger charge is -2.19. The molecule has 0 spiro atoms. The van der Waals surface area contributed by atoms with Crippen LogP contribution in [-0.4, -0.2) is 26.4 Å². The fraction of sp³-hybridized carbons (Fsp3) is 0.409. The number of benzene rings is 1. The lowest BCUT2D eigenvalue weighted by Crippen LogP contribution is -2.15. The van der Waals surface area contributed by atoms with Crippen LogP contribution in [0.5, 0.6) is 0 Å². The molecule has 4 rings (SSSR count). The van der Waals surface area contributed by atoms with E-state index in [4.69, 9.17) is 34.8 Å². The van der Waals surface area contributed by atoms with Crippen molar-refractivity contribution >= 4 is 69.5 Å². The maximum Gasteiger partial charge on any atom is 0.234 e. The number of fused-ring (bicyclic) bond motifs is 1. The predicted molar refractivity (Wildman–Crippen MR) is 136 cm³/mol. The number of aromatic nitrogens is 3. The second-order valence-corrected chi connectivity index (χ2v) is 11.1. The summed E-state index contributed by atoms with van der Waals surface area (Å²) < 4.78 is 2.13. The number of carbonyl (C=O) groups excluding carboxylic acids is 1. The monoisotopic (exact) mass is 528 g/mol. The number of thiophene rings is 1. The van der Waals surface area contributed by atoms with Gasteiger partial charge in [-0.1, -0.05) is 60.4 Å². The molecule has 5 nitrogen and oxygen atoms in total. The van der Waals surface area contributed by atoms with Crippen molar-refractivity contribution in [3.8, 4) is 11.4 Å². The molecule has 3 aromatic rings. The molecule has 0 fully saturated rings. The smallest absolute Gasteiger partial charge is 0.234 e. The van der Waals surface area contributed by atoms with E-state index in [1.165, 1.54) is 40.3 Å². The van der Waals surface area contributed by atoms with Gasteiger partial charge in [-0.05, 0) is 49.3 Å². The van der Waals surface area contributed by atoms with Crippen LogP contribution in [0.4, 0.5) is 5.69 Å². The Bertz CT molecular complexity index is 1140. The summed E-state index contributed by atoms with van der Waals surface area (Å²) in [7, 11) is 0. The van der Waals surface area contributed by atoms with Crippen LogP contribution in [0.3, 0.4) is 0 Å². The number of hydrogen-bond donors (Lipinski definition) is 1. The zero-order chi connectivity index (χ0) is 22.8. The third-order valence-electron chi connectivity index (χ3n) is 5.42. The molecule has 32 heavy (non-hydrogen) atoms. The molecule has 1 aromatic carbocycles. The highest BCUT2D eigenvalue weighted by Gasteiger charge is 2.24. The highest BCUT2D eigenvalue weighted by molar-refractivity contribution is 7.99. The zero-order valence-corrected chi connectivity index (χ0v) is 21.7. The summed E-state index contributed by atoms with van der Waals surface area (Å²) in [5.74, 6) is 1.60. The normalized spacial score (nSPS) is 15.6. The summed E-state index contributed by atoms with van der Waals surface area (Å²) in [4.78, 5) is 14.0. The van der Waals surface area contributed by atoms with E-state index in [2.05, 4.69) is 39.3 Å². The number of rotatable bonds is 7. The Morgan fingerprint density at radius 1 is 1.25 bits per heavy atom. The molecule has 1 aliphatic carbocycles. The average Bonchev–Trinajstić information content (AvgIpc) is 3.34. The van der Waals surface area contributed by atoms with Crippen LogP contribution >= 0.6 is 57.9 Å². The Balaban J connectivity index is 1.50. The fourth-order valence-electron chi connectivity index (χ4n) is 3.82. The number of anilines is 1. The van der Waals surface area contributed by atoms with Gasteiger partial charge in [-0.25, -0.2) is 0 Å². The largest absolute Gasteiger partial charge is 0.324 e. The van der Waals surface area contributed by atoms with Crippen LogP contribution in [0.1, 0.15) is 37.1 Å². The minimum Gasteiger partial charge on any atom is -0.324 e. The van der Waals surface area contributed by atoms with E-state index in [0.717, 1.165) is 42.7 Å². The first kappa shape index (κ1) is 23.9. The number of thioether (sulfide) groups is 1. The third-order valence-corrected chi connectivity index (χ3v) is 8.48. The highest BCUT2D eigenvalue weighted by atomic mass is 35.5. The Kier molecular flexibility index (Phi) is 7.73. The van der Waals surface area contributed by atoms with Crippen LogP contribution < -0.4 is 5.32 Å². The molecule has 1 amide bonds. The van der Waals surface area contributed by atoms with Gasteiger partial charge in [0.15, 0.2) is 11.0 Å². The molecule has 2 aromatic heterocycles. The standard InChI is InChI=1S/C22H23Cl3N4OS2/c1-3-6-29-21(14-10-31-19-7-12(2)4-5-13(14)19)27-28-22(29)32-11-20(30)26-18-9-16(24)15(23)8-17(18)25/h8-10,12H,3-7,11H2,1-2H3,(H,26,30). The van der Waals surface area contributed by atoms with Crippen molar-refractivity contribution in [2.45, 2.75) is 51.2 Å². The molecular weight excluding hydrogens is 507 g/mol. The van der Waals surface area contributed by atoms with Gasteiger partial charge >= 0.3 is 0 Å². The Labute approximate surface area is 210 Å². The summed E-state index contributed by atoms with van der Waals surface area (Å²) >= 11 is 21.3. The van der Waals surface area contributed by atoms with Gasteiger partial charge in [0, 0.05) is 22.4 Å². The molecule has 10 heteroatoms. The third kappa shape index (κ3) is 5.12. The number of carbonyl (C=O) groups is 1. The maximum absolute atomic E-state index is 12.5. The minimum atomic E-state index is -0.204. The van der Waals surface area contributed by atoms with Crippen LogP contribution in [0, 0.1) is 5.92 Å². The van der Waals surface area contributed by atoms with E-state index in [1.807, 2.05) is 11.3 Å². The lowest BCUT2D eigenvalue weighted by atomic mass is 9.88. The maximum atomic E-state index is 12.5. The molecule has 2 heterocycles. The first-order valence-corrected chi connectivity index (χ1v) is 13.5. The van der Waals surface area contributed by atoms with Crippen molar-refractivity contribution in [1.29, 1.82) is 0 Å². The summed E-state index contributed by atoms with van der Waals surface area (Å²) in [6, 6.07) is 3.06. The molecule has 0 saturated heterocycles. The second kappa shape index (κ2) is 10.3. The Morgan fingerprint density at radius 2 is 2.03 bits per heavy atom. The van der Waals surface area contributed by atoms with E-state index in [1.54, 1.807) is 6.07 Å². The minimum absolute atomic E-state index is 0.178. The first-order chi connectivity index (χ1) is 15.4. The molecule has 1 N–H and O–H groups in total. The second-order valence-electron chi connectivity index (χ2n) is 7.94. The molecule has 1 atom stereocenters. The van der Waals surface area contributed by atoms with E-state index in [9.17, 15) is 4.79 Å². The average molecular weight is 530 g/mol. The van der Waals surface area contributed by atoms with Crippen molar-refractivity contribution < 1.29 is 4.79 Å². The van der Waals surface area contributed by atoms with E-state index < -0.39 is 0 Å². The molecular formula is C22H23Cl3N4OS2. The summed E-state index contributed by atoms with van der Waals surface area (Å²) in [6.45, 7) is 5.24. The van der Waals surface area contributed by atoms with Gasteiger partial charge in [0.2, 0.25) is 5.91 Å². The molecule has 1 unspecified atom stereocenters. The summed E-state index contributed by atoms with van der Waals surface area (Å²) in [5.41, 5.74) is 3.04. The van der Waals surface area contributed by atoms with Gasteiger partial charge in [0.1, 0.15) is 0 Å². The van der Waals surface area contributed by atoms with Gasteiger partial charge in [-0.2, -0.15) is 0 Å². The van der Waals surface area contributed by atoms with E-state index in [-0.39, 0.29) is 11.7 Å². The topological polar surface area (TPSA) is 59.8 Å². The lowest BCUT2D eigenvalue weighted by molar-refractivity contribution is -0.113. The van der Waals surface area contributed by atoms with Crippen LogP contribution in [0.25, 0.3) is 11.4 Å². The van der Waals surface area contributed by atoms with Gasteiger partial charge in [-0.15, -0.1) is 21.5 Å². The molecule has 0 radical (unpaired) electrons. The zero-order valence-electron chi connectivity index (χ0n) is 17.8. The molecule has 170 valence electrons. The quantitative estimate of drug-likeness (QED) is 0.259. The summed E-state index contributed by atoms with van der Waals surface area (Å²) in [6.07, 6.45) is 4.38. The Hall–Kier alpha value is -1.25. The van der Waals surface area contributed by atoms with Crippen LogP contribution in [0.2, 0.25) is 15.1 Å². The number of nitrogens with one attached hydrogen (secondary N) is 1. The van der Waals surface area contributed by atoms with Crippen LogP contribution in [-0.2, 0) is 24.2 Å². The van der Waals surface area contributed by atoms with Crippen molar-refractivity contribution in [2.24, 2.45) is 5.92 Å². The van der Waals surface area contributed by atoms with Gasteiger partial charge in [0.05, 0.1) is 26.5 Å². The molecule has 1 aliphatic rings. The summed E-state index contributed by atoms with van der Waals surface area (Å²) in [5, 5.41) is 15.7. The molecule has 0 bridgehead atoms. The van der Waals surface area contributed by atoms with E-state index in [0.29, 0.717) is 20.8 Å². The Morgan fingerprint density at radius 3 is 2.81 bits per heavy atom. The highest BCUT2D eigenvalue weighted by Crippen LogP contribution is 2.38. The van der Waals surface area contributed by atoms with Gasteiger partial charge in [-0.3, -0.25) is 4.79 Å². The first-order valence-electron chi connectivity index (χ1n) is 10.5. The van der Waals surface area contributed by atoms with E-state index >= 15 is 0 Å². The van der Waals surface area contributed by atoms with Crippen molar-refractivity contribution in [3.63, 3.8) is 0 Å². The van der Waals surface area contributed by atoms with Gasteiger partial charge < -0.3 is 9.88 Å². The van der Waals surface area contributed by atoms with Crippen LogP contribution in [0.15, 0.2) is 22.7 Å². The van der Waals surface area contributed by atoms with Crippen molar-refractivity contribution in [2.75, 3.05) is 11.1 Å². The van der Waals surface area contributed by atoms with Crippen molar-refractivity contribution in [3.05, 3.63) is 43.0 Å². The SMILES string of the molecule is CCCn1c(SCC(=O)Nc2cc(Cl)c(Cl)cc2Cl)nnc1-c1csc2c1CCC(C)C2. The van der Waals surface area contributed by atoms with Gasteiger partial charge in [0.25, 0.3) is 0 Å². The number of hydrogen-bond acceptors (Lipinski definition) is 5. The molecule has 0 aliphatic heterocycles. The number of amides is 1. The number of halogens is 3. The number of nitrogens with zero attached hydrogens (tertiary/aromatic N) is 3.